The number of amides is 1. The first kappa shape index (κ1) is 10.7. The fraction of sp³-hybridized carbons (Fsp3) is 0.462. The number of carbonyl (C=O) groups excluding carboxylic acids is 1. The van der Waals surface area contributed by atoms with Crippen LogP contribution in [0.3, 0.4) is 0 Å². The van der Waals surface area contributed by atoms with Crippen LogP contribution in [-0.2, 0) is 4.79 Å². The van der Waals surface area contributed by atoms with Gasteiger partial charge in [0.15, 0.2) is 5.69 Å². The smallest absolute Gasteiger partial charge is 0.291 e. The van der Waals surface area contributed by atoms with E-state index in [1.807, 2.05) is 18.2 Å². The van der Waals surface area contributed by atoms with Crippen molar-refractivity contribution in [2.24, 2.45) is 0 Å². The van der Waals surface area contributed by atoms with E-state index in [1.165, 1.54) is 0 Å². The molecule has 1 aromatic rings. The molecule has 2 heterocycles. The largest absolute Gasteiger partial charge is 0.316 e. The second-order valence-corrected chi connectivity index (χ2v) is 4.71. The van der Waals surface area contributed by atoms with Gasteiger partial charge in [-0.3, -0.25) is 10.1 Å². The third-order valence-electron chi connectivity index (χ3n) is 3.84. The van der Waals surface area contributed by atoms with E-state index in [4.69, 9.17) is 0 Å². The van der Waals surface area contributed by atoms with Crippen molar-refractivity contribution in [1.29, 1.82) is 0 Å². The molecule has 0 bridgehead atoms. The minimum absolute atomic E-state index is 0.183. The molecule has 1 aromatic carbocycles. The molecule has 4 heteroatoms. The predicted molar refractivity (Wildman–Crippen MR) is 66.1 cm³/mol. The van der Waals surface area contributed by atoms with Gasteiger partial charge in [0, 0.05) is 38.1 Å². The fourth-order valence-corrected chi connectivity index (χ4v) is 2.87. The first-order chi connectivity index (χ1) is 8.33. The van der Waals surface area contributed by atoms with Crippen molar-refractivity contribution in [2.45, 2.75) is 18.4 Å². The van der Waals surface area contributed by atoms with E-state index in [-0.39, 0.29) is 11.4 Å². The van der Waals surface area contributed by atoms with Gasteiger partial charge in [0.25, 0.3) is 5.91 Å². The average molecular weight is 231 g/mol. The van der Waals surface area contributed by atoms with Gasteiger partial charge in [-0.25, -0.2) is 0 Å². The summed E-state index contributed by atoms with van der Waals surface area (Å²) in [6, 6.07) is 10.2. The minimum atomic E-state index is -0.327. The van der Waals surface area contributed by atoms with Crippen LogP contribution in [0.1, 0.15) is 12.8 Å². The van der Waals surface area contributed by atoms with E-state index in [0.717, 1.165) is 31.6 Å². The van der Waals surface area contributed by atoms with Crippen LogP contribution in [0.25, 0.3) is 0 Å². The monoisotopic (exact) mass is 231 g/mol. The SMILES string of the molecule is O=C1NC[N+](c2ccccc2)C12CCNCC2. The molecule has 2 saturated heterocycles. The van der Waals surface area contributed by atoms with Crippen molar-refractivity contribution < 1.29 is 4.79 Å². The number of piperidine rings is 1. The van der Waals surface area contributed by atoms with Gasteiger partial charge < -0.3 is 5.32 Å². The Morgan fingerprint density at radius 3 is 2.53 bits per heavy atom. The summed E-state index contributed by atoms with van der Waals surface area (Å²) in [6.07, 6.45) is 1.77. The van der Waals surface area contributed by atoms with Crippen molar-refractivity contribution >= 4 is 11.6 Å². The summed E-state index contributed by atoms with van der Waals surface area (Å²) < 4.78 is 0. The van der Waals surface area contributed by atoms with Crippen LogP contribution in [0, 0.1) is 0 Å². The number of rotatable bonds is 1. The molecule has 4 nitrogen and oxygen atoms in total. The lowest BCUT2D eigenvalue weighted by atomic mass is 9.86. The molecule has 0 aliphatic carbocycles. The van der Waals surface area contributed by atoms with Gasteiger partial charge in [-0.2, -0.15) is 0 Å². The number of carbonyl (C=O) groups is 1. The average Bonchev–Trinajstić information content (AvgIpc) is 2.69. The molecule has 1 radical (unpaired) electrons. The van der Waals surface area contributed by atoms with Crippen LogP contribution < -0.4 is 15.5 Å². The van der Waals surface area contributed by atoms with Gasteiger partial charge in [0.2, 0.25) is 12.2 Å². The van der Waals surface area contributed by atoms with Gasteiger partial charge in [-0.15, -0.1) is 4.90 Å². The Morgan fingerprint density at radius 1 is 1.12 bits per heavy atom. The van der Waals surface area contributed by atoms with Crippen LogP contribution in [0.5, 0.6) is 0 Å². The number of para-hydroxylation sites is 1. The summed E-state index contributed by atoms with van der Waals surface area (Å²) in [4.78, 5) is 14.4. The third kappa shape index (κ3) is 1.64. The molecule has 0 unspecified atom stereocenters. The second-order valence-electron chi connectivity index (χ2n) is 4.71. The van der Waals surface area contributed by atoms with Gasteiger partial charge in [0.05, 0.1) is 0 Å². The summed E-state index contributed by atoms with van der Waals surface area (Å²) in [5.41, 5.74) is 0.805. The molecule has 2 N–H and O–H groups in total. The third-order valence-corrected chi connectivity index (χ3v) is 3.84. The zero-order valence-corrected chi connectivity index (χ0v) is 9.78. The fourth-order valence-electron chi connectivity index (χ4n) is 2.87. The maximum absolute atomic E-state index is 12.2. The molecule has 0 saturated carbocycles. The predicted octanol–water partition coefficient (Wildman–Crippen LogP) is 0.668. The van der Waals surface area contributed by atoms with E-state index in [0.29, 0.717) is 6.67 Å². The van der Waals surface area contributed by atoms with Gasteiger partial charge in [-0.1, -0.05) is 18.2 Å². The van der Waals surface area contributed by atoms with Crippen molar-refractivity contribution in [2.75, 3.05) is 19.8 Å². The number of hydrogen-bond acceptors (Lipinski definition) is 3. The summed E-state index contributed by atoms with van der Waals surface area (Å²) in [7, 11) is 0. The Hall–Kier alpha value is -1.39. The molecule has 2 aliphatic heterocycles. The van der Waals surface area contributed by atoms with Gasteiger partial charge in [0.1, 0.15) is 0 Å². The maximum Gasteiger partial charge on any atom is 0.291 e. The highest BCUT2D eigenvalue weighted by Crippen LogP contribution is 2.33. The molecule has 0 aromatic heterocycles. The van der Waals surface area contributed by atoms with E-state index in [2.05, 4.69) is 27.7 Å². The highest BCUT2D eigenvalue weighted by atomic mass is 16.2. The van der Waals surface area contributed by atoms with Crippen LogP contribution >= 0.6 is 0 Å². The van der Waals surface area contributed by atoms with Crippen LogP contribution in [0.4, 0.5) is 5.69 Å². The molecule has 1 spiro atoms. The van der Waals surface area contributed by atoms with Gasteiger partial charge >= 0.3 is 0 Å². The molecule has 17 heavy (non-hydrogen) atoms. The van der Waals surface area contributed by atoms with Crippen LogP contribution in [0.15, 0.2) is 30.3 Å². The van der Waals surface area contributed by atoms with Gasteiger partial charge in [-0.05, 0) is 0 Å². The van der Waals surface area contributed by atoms with Crippen molar-refractivity contribution in [3.05, 3.63) is 30.3 Å². The summed E-state index contributed by atoms with van der Waals surface area (Å²) in [5, 5.41) is 6.31. The first-order valence-corrected chi connectivity index (χ1v) is 6.15. The molecule has 2 aliphatic rings. The van der Waals surface area contributed by atoms with Crippen LogP contribution in [0.2, 0.25) is 0 Å². The standard InChI is InChI=1S/C13H17N3O/c17-12-13(6-8-14-9-7-13)16(10-15-12)11-4-2-1-3-5-11/h1-5,14H,6-10H2,(H,15,17)/q+1. The molecular weight excluding hydrogens is 214 g/mol. The number of anilines is 1. The molecule has 1 amide bonds. The van der Waals surface area contributed by atoms with E-state index < -0.39 is 0 Å². The number of hydrogen-bond donors (Lipinski definition) is 2. The van der Waals surface area contributed by atoms with Crippen molar-refractivity contribution in [3.63, 3.8) is 0 Å². The Morgan fingerprint density at radius 2 is 1.82 bits per heavy atom. The van der Waals surface area contributed by atoms with Crippen molar-refractivity contribution in [1.82, 2.24) is 15.5 Å². The normalized spacial score (nSPS) is 23.9. The Bertz CT molecular complexity index is 412. The highest BCUT2D eigenvalue weighted by Gasteiger charge is 2.58. The number of nitrogens with one attached hydrogen (secondary N) is 2. The molecule has 3 rings (SSSR count). The summed E-state index contributed by atoms with van der Waals surface area (Å²) in [6.45, 7) is 2.45. The highest BCUT2D eigenvalue weighted by molar-refractivity contribution is 5.90. The molecular formula is C13H17N3O+. The number of nitrogens with zero attached hydrogens (tertiary/aromatic N) is 1. The molecule has 0 atom stereocenters. The van der Waals surface area contributed by atoms with E-state index >= 15 is 0 Å². The Balaban J connectivity index is 1.96. The van der Waals surface area contributed by atoms with E-state index in [1.54, 1.807) is 0 Å². The lowest BCUT2D eigenvalue weighted by Crippen LogP contribution is -2.56. The maximum atomic E-state index is 12.2. The Labute approximate surface area is 101 Å². The topological polar surface area (TPSA) is 47.0 Å². The second kappa shape index (κ2) is 4.13. The zero-order chi connectivity index (χ0) is 11.7. The molecule has 89 valence electrons. The minimum Gasteiger partial charge on any atom is -0.316 e. The van der Waals surface area contributed by atoms with E-state index in [9.17, 15) is 4.79 Å². The lowest BCUT2D eigenvalue weighted by molar-refractivity contribution is -0.125. The summed E-state index contributed by atoms with van der Waals surface area (Å²) in [5.74, 6) is 0.183. The quantitative estimate of drug-likeness (QED) is 0.698. The first-order valence-electron chi connectivity index (χ1n) is 6.15. The zero-order valence-electron chi connectivity index (χ0n) is 9.78. The molecule has 2 fully saturated rings. The summed E-state index contributed by atoms with van der Waals surface area (Å²) >= 11 is 0. The lowest BCUT2D eigenvalue weighted by Gasteiger charge is -2.30. The van der Waals surface area contributed by atoms with Crippen LogP contribution in [-0.4, -0.2) is 31.2 Å². The Kier molecular flexibility index (Phi) is 2.61. The van der Waals surface area contributed by atoms with Crippen molar-refractivity contribution in [3.8, 4) is 0 Å². The number of benzene rings is 1.